The van der Waals surface area contributed by atoms with Crippen LogP contribution in [0.15, 0.2) is 59.5 Å². The first-order valence-electron chi connectivity index (χ1n) is 10.0. The van der Waals surface area contributed by atoms with Gasteiger partial charge in [-0.1, -0.05) is 48.0 Å². The van der Waals surface area contributed by atoms with Crippen LogP contribution in [0.5, 0.6) is 0 Å². The number of rotatable bonds is 8. The number of hydrogen-bond donors (Lipinski definition) is 2. The molecule has 0 spiro atoms. The highest BCUT2D eigenvalue weighted by Crippen LogP contribution is 2.18. The lowest BCUT2D eigenvalue weighted by molar-refractivity contribution is -0.126. The summed E-state index contributed by atoms with van der Waals surface area (Å²) in [6.07, 6.45) is 1.86. The molecule has 0 aliphatic carbocycles. The third-order valence-electron chi connectivity index (χ3n) is 5.17. The molecule has 1 amide bonds. The lowest BCUT2D eigenvalue weighted by atomic mass is 9.96. The summed E-state index contributed by atoms with van der Waals surface area (Å²) >= 11 is 0. The van der Waals surface area contributed by atoms with Gasteiger partial charge in [-0.15, -0.1) is 0 Å². The molecule has 0 saturated carbocycles. The number of carbonyl (C=O) groups is 1. The van der Waals surface area contributed by atoms with Gasteiger partial charge in [-0.25, -0.2) is 13.1 Å². The number of nitrogens with zero attached hydrogens (tertiary/aromatic N) is 1. The molecule has 3 rings (SSSR count). The van der Waals surface area contributed by atoms with Crippen molar-refractivity contribution in [3.05, 3.63) is 65.7 Å². The Labute approximate surface area is 173 Å². The molecule has 1 unspecified atom stereocenters. The minimum atomic E-state index is -3.55. The van der Waals surface area contributed by atoms with Crippen molar-refractivity contribution in [1.82, 2.24) is 14.9 Å². The summed E-state index contributed by atoms with van der Waals surface area (Å²) in [7, 11) is -3.55. The Bertz CT molecular complexity index is 899. The van der Waals surface area contributed by atoms with E-state index in [1.165, 1.54) is 5.56 Å². The standard InChI is InChI=1S/C22H29N3O3S/c1-18-9-11-21(12-10-18)29(27,28)24-14-13-23-22(26)20-8-5-15-25(17-20)16-19-6-3-2-4-7-19/h2-4,6-7,9-12,20,24H,5,8,13-17H2,1H3,(H,23,26). The zero-order valence-electron chi connectivity index (χ0n) is 16.8. The summed E-state index contributed by atoms with van der Waals surface area (Å²) in [4.78, 5) is 15.1. The number of aryl methyl sites for hydroxylation is 1. The fraction of sp³-hybridized carbons (Fsp3) is 0.409. The third kappa shape index (κ3) is 6.39. The van der Waals surface area contributed by atoms with Crippen molar-refractivity contribution >= 4 is 15.9 Å². The molecule has 0 aromatic heterocycles. The normalized spacial score (nSPS) is 17.8. The second-order valence-electron chi connectivity index (χ2n) is 7.56. The molecule has 7 heteroatoms. The third-order valence-corrected chi connectivity index (χ3v) is 6.65. The highest BCUT2D eigenvalue weighted by molar-refractivity contribution is 7.89. The van der Waals surface area contributed by atoms with Crippen LogP contribution in [0.2, 0.25) is 0 Å². The first kappa shape index (κ1) is 21.5. The molecule has 1 atom stereocenters. The Kier molecular flexibility index (Phi) is 7.41. The van der Waals surface area contributed by atoms with Gasteiger partial charge in [0.05, 0.1) is 10.8 Å². The fourth-order valence-electron chi connectivity index (χ4n) is 3.57. The highest BCUT2D eigenvalue weighted by Gasteiger charge is 2.25. The smallest absolute Gasteiger partial charge is 0.240 e. The van der Waals surface area contributed by atoms with Crippen molar-refractivity contribution in [3.63, 3.8) is 0 Å². The molecular weight excluding hydrogens is 386 g/mol. The molecule has 1 aliphatic rings. The maximum absolute atomic E-state index is 12.5. The van der Waals surface area contributed by atoms with Crippen LogP contribution >= 0.6 is 0 Å². The summed E-state index contributed by atoms with van der Waals surface area (Å²) < 4.78 is 27.1. The van der Waals surface area contributed by atoms with E-state index in [1.54, 1.807) is 24.3 Å². The van der Waals surface area contributed by atoms with Gasteiger partial charge in [-0.2, -0.15) is 0 Å². The molecule has 2 N–H and O–H groups in total. The molecule has 2 aromatic carbocycles. The lowest BCUT2D eigenvalue weighted by Gasteiger charge is -2.32. The Morgan fingerprint density at radius 3 is 2.52 bits per heavy atom. The molecule has 2 aromatic rings. The molecule has 156 valence electrons. The summed E-state index contributed by atoms with van der Waals surface area (Å²) in [5.41, 5.74) is 2.25. The highest BCUT2D eigenvalue weighted by atomic mass is 32.2. The van der Waals surface area contributed by atoms with Gasteiger partial charge in [0.2, 0.25) is 15.9 Å². The van der Waals surface area contributed by atoms with Gasteiger partial charge >= 0.3 is 0 Å². The maximum atomic E-state index is 12.5. The SMILES string of the molecule is Cc1ccc(S(=O)(=O)NCCNC(=O)C2CCCN(Cc3ccccc3)C2)cc1. The molecule has 0 radical (unpaired) electrons. The molecule has 1 heterocycles. The Morgan fingerprint density at radius 2 is 1.79 bits per heavy atom. The summed E-state index contributed by atoms with van der Waals surface area (Å²) in [6.45, 7) is 4.93. The van der Waals surface area contributed by atoms with E-state index >= 15 is 0 Å². The average molecular weight is 416 g/mol. The number of benzene rings is 2. The molecule has 6 nitrogen and oxygen atoms in total. The van der Waals surface area contributed by atoms with E-state index < -0.39 is 10.0 Å². The minimum absolute atomic E-state index is 0.00250. The van der Waals surface area contributed by atoms with Gasteiger partial charge in [0.25, 0.3) is 0 Å². The molecule has 29 heavy (non-hydrogen) atoms. The first-order valence-corrected chi connectivity index (χ1v) is 11.5. The number of sulfonamides is 1. The predicted octanol–water partition coefficient (Wildman–Crippen LogP) is 2.30. The molecular formula is C22H29N3O3S. The summed E-state index contributed by atoms with van der Waals surface area (Å²) in [6, 6.07) is 17.0. The van der Waals surface area contributed by atoms with Crippen molar-refractivity contribution in [2.45, 2.75) is 31.2 Å². The van der Waals surface area contributed by atoms with Gasteiger partial charge in [0.15, 0.2) is 0 Å². The van der Waals surface area contributed by atoms with Gasteiger partial charge in [0.1, 0.15) is 0 Å². The average Bonchev–Trinajstić information content (AvgIpc) is 2.72. The van der Waals surface area contributed by atoms with E-state index in [9.17, 15) is 13.2 Å². The van der Waals surface area contributed by atoms with Crippen LogP contribution in [0, 0.1) is 12.8 Å². The molecule has 1 saturated heterocycles. The fourth-order valence-corrected chi connectivity index (χ4v) is 4.60. The van der Waals surface area contributed by atoms with Crippen molar-refractivity contribution in [2.75, 3.05) is 26.2 Å². The number of piperidine rings is 1. The first-order chi connectivity index (χ1) is 13.9. The van der Waals surface area contributed by atoms with Gasteiger partial charge in [-0.3, -0.25) is 9.69 Å². The monoisotopic (exact) mass is 415 g/mol. The van der Waals surface area contributed by atoms with Crippen LogP contribution in [-0.4, -0.2) is 45.4 Å². The van der Waals surface area contributed by atoms with E-state index in [0.717, 1.165) is 38.0 Å². The molecule has 1 aliphatic heterocycles. The lowest BCUT2D eigenvalue weighted by Crippen LogP contribution is -2.44. The van der Waals surface area contributed by atoms with Crippen molar-refractivity contribution in [1.29, 1.82) is 0 Å². The Morgan fingerprint density at radius 1 is 1.07 bits per heavy atom. The van der Waals surface area contributed by atoms with Gasteiger partial charge in [-0.05, 0) is 44.0 Å². The topological polar surface area (TPSA) is 78.5 Å². The van der Waals surface area contributed by atoms with Crippen LogP contribution in [-0.2, 0) is 21.4 Å². The van der Waals surface area contributed by atoms with Crippen LogP contribution < -0.4 is 10.0 Å². The zero-order chi connectivity index (χ0) is 20.7. The zero-order valence-corrected chi connectivity index (χ0v) is 17.6. The summed E-state index contributed by atoms with van der Waals surface area (Å²) in [5.74, 6) is -0.0570. The number of likely N-dealkylation sites (tertiary alicyclic amines) is 1. The predicted molar refractivity (Wildman–Crippen MR) is 114 cm³/mol. The van der Waals surface area contributed by atoms with Crippen LogP contribution in [0.4, 0.5) is 0 Å². The van der Waals surface area contributed by atoms with Crippen molar-refractivity contribution in [2.24, 2.45) is 5.92 Å². The van der Waals surface area contributed by atoms with Gasteiger partial charge < -0.3 is 5.32 Å². The van der Waals surface area contributed by atoms with E-state index in [0.29, 0.717) is 0 Å². The Hall–Kier alpha value is -2.22. The number of nitrogens with one attached hydrogen (secondary N) is 2. The molecule has 1 fully saturated rings. The van der Waals surface area contributed by atoms with Crippen molar-refractivity contribution < 1.29 is 13.2 Å². The number of hydrogen-bond acceptors (Lipinski definition) is 4. The summed E-state index contributed by atoms with van der Waals surface area (Å²) in [5, 5.41) is 2.88. The van der Waals surface area contributed by atoms with E-state index in [4.69, 9.17) is 0 Å². The largest absolute Gasteiger partial charge is 0.355 e. The van der Waals surface area contributed by atoms with Gasteiger partial charge in [0, 0.05) is 26.2 Å². The number of carbonyl (C=O) groups excluding carboxylic acids is 1. The van der Waals surface area contributed by atoms with Crippen LogP contribution in [0.1, 0.15) is 24.0 Å². The second kappa shape index (κ2) is 10.0. The maximum Gasteiger partial charge on any atom is 0.240 e. The van der Waals surface area contributed by atoms with E-state index in [1.807, 2.05) is 25.1 Å². The van der Waals surface area contributed by atoms with Crippen LogP contribution in [0.25, 0.3) is 0 Å². The van der Waals surface area contributed by atoms with E-state index in [2.05, 4.69) is 27.1 Å². The quantitative estimate of drug-likeness (QED) is 0.649. The Balaban J connectivity index is 1.42. The minimum Gasteiger partial charge on any atom is -0.355 e. The van der Waals surface area contributed by atoms with Crippen LogP contribution in [0.3, 0.4) is 0 Å². The molecule has 0 bridgehead atoms. The number of amides is 1. The van der Waals surface area contributed by atoms with Crippen molar-refractivity contribution in [3.8, 4) is 0 Å². The second-order valence-corrected chi connectivity index (χ2v) is 9.33. The van der Waals surface area contributed by atoms with E-state index in [-0.39, 0.29) is 29.8 Å².